The number of ether oxygens (including phenoxy) is 2. The van der Waals surface area contributed by atoms with E-state index < -0.39 is 4.92 Å². The van der Waals surface area contributed by atoms with Crippen molar-refractivity contribution in [3.63, 3.8) is 0 Å². The second kappa shape index (κ2) is 8.72. The summed E-state index contributed by atoms with van der Waals surface area (Å²) in [6.07, 6.45) is 1.57. The lowest BCUT2D eigenvalue weighted by Gasteiger charge is -2.09. The van der Waals surface area contributed by atoms with Crippen LogP contribution in [0.15, 0.2) is 64.1 Å². The van der Waals surface area contributed by atoms with E-state index in [0.717, 1.165) is 11.1 Å². The van der Waals surface area contributed by atoms with Gasteiger partial charge in [-0.05, 0) is 42.0 Å². The maximum atomic E-state index is 10.7. The predicted molar refractivity (Wildman–Crippen MR) is 105 cm³/mol. The second-order valence-corrected chi connectivity index (χ2v) is 5.79. The zero-order chi connectivity index (χ0) is 19.9. The minimum atomic E-state index is -0.436. The third kappa shape index (κ3) is 4.47. The molecule has 0 atom stereocenters. The molecule has 0 saturated heterocycles. The zero-order valence-electron chi connectivity index (χ0n) is 15.4. The van der Waals surface area contributed by atoms with Crippen molar-refractivity contribution in [1.82, 2.24) is 5.43 Å². The van der Waals surface area contributed by atoms with Gasteiger partial charge in [0.05, 0.1) is 31.9 Å². The average molecular weight is 381 g/mol. The van der Waals surface area contributed by atoms with Crippen LogP contribution in [0.5, 0.6) is 11.5 Å². The predicted octanol–water partition coefficient (Wildman–Crippen LogP) is 4.00. The normalized spacial score (nSPS) is 10.8. The lowest BCUT2D eigenvalue weighted by molar-refractivity contribution is -0.384. The smallest absolute Gasteiger partial charge is 0.269 e. The van der Waals surface area contributed by atoms with Crippen LogP contribution in [0.3, 0.4) is 0 Å². The molecule has 0 aliphatic rings. The van der Waals surface area contributed by atoms with Crippen LogP contribution >= 0.6 is 0 Å². The molecule has 0 bridgehead atoms. The Bertz CT molecular complexity index is 980. The standard InChI is InChI=1S/C20H19N3O5/c1-26-19-9-3-14(11-20(19)27-2)12-21-22-13-17-8-10-18(28-17)15-4-6-16(7-5-15)23(24)25/h3-11,13,21H,12H2,1-2H3/b22-13+. The fourth-order valence-corrected chi connectivity index (χ4v) is 2.56. The number of nitro groups is 1. The van der Waals surface area contributed by atoms with Gasteiger partial charge in [-0.1, -0.05) is 6.07 Å². The second-order valence-electron chi connectivity index (χ2n) is 5.79. The Hall–Kier alpha value is -3.81. The topological polar surface area (TPSA) is 99.1 Å². The van der Waals surface area contributed by atoms with E-state index in [-0.39, 0.29) is 5.69 Å². The number of rotatable bonds is 8. The number of non-ortho nitro benzene ring substituents is 1. The highest BCUT2D eigenvalue weighted by Gasteiger charge is 2.08. The molecular weight excluding hydrogens is 362 g/mol. The SMILES string of the molecule is COc1ccc(CN/N=C/c2ccc(-c3ccc([N+](=O)[O-])cc3)o2)cc1OC. The van der Waals surface area contributed by atoms with E-state index in [1.807, 2.05) is 18.2 Å². The van der Waals surface area contributed by atoms with Crippen LogP contribution in [0.1, 0.15) is 11.3 Å². The van der Waals surface area contributed by atoms with Gasteiger partial charge in [-0.25, -0.2) is 0 Å². The molecule has 144 valence electrons. The monoisotopic (exact) mass is 381 g/mol. The molecule has 28 heavy (non-hydrogen) atoms. The number of hydrogen-bond acceptors (Lipinski definition) is 7. The van der Waals surface area contributed by atoms with Gasteiger partial charge in [-0.2, -0.15) is 5.10 Å². The first-order chi connectivity index (χ1) is 13.6. The summed E-state index contributed by atoms with van der Waals surface area (Å²) in [6, 6.07) is 15.4. The largest absolute Gasteiger partial charge is 0.493 e. The molecule has 0 spiro atoms. The molecule has 1 N–H and O–H groups in total. The molecule has 8 nitrogen and oxygen atoms in total. The van der Waals surface area contributed by atoms with Crippen molar-refractivity contribution in [2.45, 2.75) is 6.54 Å². The van der Waals surface area contributed by atoms with Crippen molar-refractivity contribution >= 4 is 11.9 Å². The third-order valence-electron chi connectivity index (χ3n) is 4.00. The van der Waals surface area contributed by atoms with E-state index in [0.29, 0.717) is 29.6 Å². The quantitative estimate of drug-likeness (QED) is 0.360. The van der Waals surface area contributed by atoms with Gasteiger partial charge in [0.2, 0.25) is 0 Å². The maximum absolute atomic E-state index is 10.7. The molecule has 2 aromatic carbocycles. The van der Waals surface area contributed by atoms with Gasteiger partial charge in [0.1, 0.15) is 11.5 Å². The van der Waals surface area contributed by atoms with Crippen LogP contribution in [-0.4, -0.2) is 25.4 Å². The minimum absolute atomic E-state index is 0.0384. The van der Waals surface area contributed by atoms with Crippen molar-refractivity contribution in [2.75, 3.05) is 14.2 Å². The average Bonchev–Trinajstić information content (AvgIpc) is 3.20. The van der Waals surface area contributed by atoms with Crippen LogP contribution in [0.25, 0.3) is 11.3 Å². The number of hydrogen-bond donors (Lipinski definition) is 1. The van der Waals surface area contributed by atoms with Crippen LogP contribution in [0.4, 0.5) is 5.69 Å². The molecular formula is C20H19N3O5. The van der Waals surface area contributed by atoms with E-state index in [9.17, 15) is 10.1 Å². The number of methoxy groups -OCH3 is 2. The molecule has 0 aliphatic carbocycles. The molecule has 0 unspecified atom stereocenters. The summed E-state index contributed by atoms with van der Waals surface area (Å²) in [5, 5.41) is 14.9. The molecule has 3 aromatic rings. The lowest BCUT2D eigenvalue weighted by Crippen LogP contribution is -2.05. The Labute approximate surface area is 161 Å². The number of nitrogens with zero attached hydrogens (tertiary/aromatic N) is 2. The molecule has 0 radical (unpaired) electrons. The van der Waals surface area contributed by atoms with E-state index in [4.69, 9.17) is 13.9 Å². The van der Waals surface area contributed by atoms with Crippen molar-refractivity contribution in [1.29, 1.82) is 0 Å². The van der Waals surface area contributed by atoms with Crippen LogP contribution in [0.2, 0.25) is 0 Å². The highest BCUT2D eigenvalue weighted by atomic mass is 16.6. The third-order valence-corrected chi connectivity index (χ3v) is 4.00. The van der Waals surface area contributed by atoms with E-state index in [1.54, 1.807) is 44.7 Å². The van der Waals surface area contributed by atoms with E-state index in [2.05, 4.69) is 10.5 Å². The number of hydrazone groups is 1. The van der Waals surface area contributed by atoms with Gasteiger partial charge in [0, 0.05) is 17.7 Å². The van der Waals surface area contributed by atoms with Gasteiger partial charge in [0.25, 0.3) is 5.69 Å². The summed E-state index contributed by atoms with van der Waals surface area (Å²) < 4.78 is 16.2. The highest BCUT2D eigenvalue weighted by Crippen LogP contribution is 2.27. The molecule has 0 aliphatic heterocycles. The first kappa shape index (κ1) is 19.0. The van der Waals surface area contributed by atoms with Crippen LogP contribution < -0.4 is 14.9 Å². The Morgan fingerprint density at radius 3 is 2.50 bits per heavy atom. The number of nitro benzene ring substituents is 1. The van der Waals surface area contributed by atoms with Crippen molar-refractivity contribution in [2.24, 2.45) is 5.10 Å². The zero-order valence-corrected chi connectivity index (χ0v) is 15.4. The summed E-state index contributed by atoms with van der Waals surface area (Å²) in [7, 11) is 3.18. The first-order valence-corrected chi connectivity index (χ1v) is 8.42. The molecule has 1 heterocycles. The Balaban J connectivity index is 1.59. The van der Waals surface area contributed by atoms with Gasteiger partial charge in [-0.15, -0.1) is 0 Å². The summed E-state index contributed by atoms with van der Waals surface area (Å²) in [5.74, 6) is 2.50. The lowest BCUT2D eigenvalue weighted by atomic mass is 10.1. The molecule has 8 heteroatoms. The molecule has 0 amide bonds. The summed E-state index contributed by atoms with van der Waals surface area (Å²) >= 11 is 0. The fourth-order valence-electron chi connectivity index (χ4n) is 2.56. The number of benzene rings is 2. The van der Waals surface area contributed by atoms with Gasteiger partial charge in [-0.3, -0.25) is 10.1 Å². The summed E-state index contributed by atoms with van der Waals surface area (Å²) in [5.41, 5.74) is 4.72. The molecule has 0 fully saturated rings. The Morgan fingerprint density at radius 1 is 1.07 bits per heavy atom. The van der Waals surface area contributed by atoms with Gasteiger partial charge < -0.3 is 19.3 Å². The van der Waals surface area contributed by atoms with Gasteiger partial charge in [0.15, 0.2) is 11.5 Å². The van der Waals surface area contributed by atoms with Crippen LogP contribution in [0, 0.1) is 10.1 Å². The maximum Gasteiger partial charge on any atom is 0.269 e. The molecule has 3 rings (SSSR count). The number of nitrogens with one attached hydrogen (secondary N) is 1. The van der Waals surface area contributed by atoms with Crippen molar-refractivity contribution < 1.29 is 18.8 Å². The van der Waals surface area contributed by atoms with Crippen molar-refractivity contribution in [3.8, 4) is 22.8 Å². The van der Waals surface area contributed by atoms with E-state index >= 15 is 0 Å². The van der Waals surface area contributed by atoms with E-state index in [1.165, 1.54) is 12.1 Å². The molecule has 1 aromatic heterocycles. The molecule has 0 saturated carbocycles. The number of furan rings is 1. The Morgan fingerprint density at radius 2 is 1.82 bits per heavy atom. The fraction of sp³-hybridized carbons (Fsp3) is 0.150. The summed E-state index contributed by atoms with van der Waals surface area (Å²) in [4.78, 5) is 10.3. The van der Waals surface area contributed by atoms with Crippen LogP contribution in [-0.2, 0) is 6.54 Å². The highest BCUT2D eigenvalue weighted by molar-refractivity contribution is 5.77. The minimum Gasteiger partial charge on any atom is -0.493 e. The first-order valence-electron chi connectivity index (χ1n) is 8.42. The summed E-state index contributed by atoms with van der Waals surface area (Å²) in [6.45, 7) is 0.507. The van der Waals surface area contributed by atoms with Gasteiger partial charge >= 0.3 is 0 Å². The van der Waals surface area contributed by atoms with Crippen molar-refractivity contribution in [3.05, 3.63) is 76.0 Å². The Kier molecular flexibility index (Phi) is 5.91.